The van der Waals surface area contributed by atoms with E-state index < -0.39 is 0 Å². The number of benzene rings is 2. The molecule has 8 nitrogen and oxygen atoms in total. The number of furan rings is 1. The number of nitrogens with zero attached hydrogens (tertiary/aromatic N) is 3. The van der Waals surface area contributed by atoms with Crippen molar-refractivity contribution in [3.63, 3.8) is 0 Å². The van der Waals surface area contributed by atoms with Crippen LogP contribution in [0.2, 0.25) is 5.02 Å². The molecule has 176 valence electrons. The van der Waals surface area contributed by atoms with Crippen LogP contribution in [0.25, 0.3) is 11.4 Å². The summed E-state index contributed by atoms with van der Waals surface area (Å²) < 4.78 is 18.0. The SMILES string of the molecule is COc1ccc(CNC(=O)CSc2nnc(-c3ccc(Cl)cc3)n2Cc2ccco2)cc1OC. The number of ether oxygens (including phenoxy) is 2. The van der Waals surface area contributed by atoms with Crippen molar-refractivity contribution < 1.29 is 18.7 Å². The fourth-order valence-electron chi connectivity index (χ4n) is 3.28. The number of hydrogen-bond acceptors (Lipinski definition) is 7. The predicted octanol–water partition coefficient (Wildman–Crippen LogP) is 4.67. The second-order valence-electron chi connectivity index (χ2n) is 7.23. The monoisotopic (exact) mass is 498 g/mol. The molecule has 0 aliphatic rings. The van der Waals surface area contributed by atoms with Gasteiger partial charge in [-0.2, -0.15) is 0 Å². The van der Waals surface area contributed by atoms with Crippen molar-refractivity contribution in [2.24, 2.45) is 0 Å². The summed E-state index contributed by atoms with van der Waals surface area (Å²) in [7, 11) is 3.16. The van der Waals surface area contributed by atoms with Crippen molar-refractivity contribution in [1.82, 2.24) is 20.1 Å². The maximum absolute atomic E-state index is 12.5. The van der Waals surface area contributed by atoms with Gasteiger partial charge in [0, 0.05) is 17.1 Å². The minimum atomic E-state index is -0.125. The largest absolute Gasteiger partial charge is 0.493 e. The van der Waals surface area contributed by atoms with Gasteiger partial charge in [0.2, 0.25) is 5.91 Å². The predicted molar refractivity (Wildman–Crippen MR) is 130 cm³/mol. The molecule has 2 aromatic carbocycles. The topological polar surface area (TPSA) is 91.4 Å². The number of methoxy groups -OCH3 is 2. The quantitative estimate of drug-likeness (QED) is 0.318. The van der Waals surface area contributed by atoms with Gasteiger partial charge < -0.3 is 19.2 Å². The molecule has 2 heterocycles. The molecule has 34 heavy (non-hydrogen) atoms. The van der Waals surface area contributed by atoms with E-state index in [1.807, 2.05) is 47.0 Å². The molecule has 0 radical (unpaired) electrons. The highest BCUT2D eigenvalue weighted by Crippen LogP contribution is 2.28. The molecule has 4 aromatic rings. The normalized spacial score (nSPS) is 10.8. The third-order valence-corrected chi connectivity index (χ3v) is 6.20. The zero-order valence-corrected chi connectivity index (χ0v) is 20.2. The van der Waals surface area contributed by atoms with E-state index >= 15 is 0 Å². The number of halogens is 1. The van der Waals surface area contributed by atoms with E-state index in [9.17, 15) is 4.79 Å². The van der Waals surface area contributed by atoms with Crippen LogP contribution >= 0.6 is 23.4 Å². The van der Waals surface area contributed by atoms with E-state index in [2.05, 4.69) is 15.5 Å². The molecule has 0 spiro atoms. The van der Waals surface area contributed by atoms with Crippen LogP contribution in [0.15, 0.2) is 70.4 Å². The molecule has 2 aromatic heterocycles. The summed E-state index contributed by atoms with van der Waals surface area (Å²) in [5.41, 5.74) is 1.77. The summed E-state index contributed by atoms with van der Waals surface area (Å²) in [4.78, 5) is 12.5. The third-order valence-electron chi connectivity index (χ3n) is 4.98. The van der Waals surface area contributed by atoms with Crippen LogP contribution in [0.4, 0.5) is 0 Å². The van der Waals surface area contributed by atoms with Crippen LogP contribution in [0.1, 0.15) is 11.3 Å². The van der Waals surface area contributed by atoms with Crippen LogP contribution in [-0.2, 0) is 17.9 Å². The first kappa shape index (κ1) is 23.7. The summed E-state index contributed by atoms with van der Waals surface area (Å²) in [5.74, 6) is 2.74. The maximum Gasteiger partial charge on any atom is 0.230 e. The Balaban J connectivity index is 1.43. The minimum Gasteiger partial charge on any atom is -0.493 e. The zero-order chi connectivity index (χ0) is 23.9. The first-order valence-electron chi connectivity index (χ1n) is 10.4. The fraction of sp³-hybridized carbons (Fsp3) is 0.208. The summed E-state index contributed by atoms with van der Waals surface area (Å²) in [5, 5.41) is 12.8. The van der Waals surface area contributed by atoms with Gasteiger partial charge in [-0.25, -0.2) is 0 Å². The van der Waals surface area contributed by atoms with Gasteiger partial charge in [0.1, 0.15) is 5.76 Å². The number of amides is 1. The Labute approximate surface area is 206 Å². The van der Waals surface area contributed by atoms with Gasteiger partial charge in [0.15, 0.2) is 22.5 Å². The van der Waals surface area contributed by atoms with Crippen LogP contribution in [-0.4, -0.2) is 40.6 Å². The molecule has 0 atom stereocenters. The first-order valence-corrected chi connectivity index (χ1v) is 11.8. The van der Waals surface area contributed by atoms with E-state index in [0.29, 0.717) is 40.6 Å². The number of hydrogen-bond donors (Lipinski definition) is 1. The molecule has 10 heteroatoms. The zero-order valence-electron chi connectivity index (χ0n) is 18.7. The van der Waals surface area contributed by atoms with E-state index in [1.165, 1.54) is 11.8 Å². The van der Waals surface area contributed by atoms with Crippen molar-refractivity contribution in [2.75, 3.05) is 20.0 Å². The number of carbonyl (C=O) groups excluding carboxylic acids is 1. The second kappa shape index (κ2) is 11.1. The van der Waals surface area contributed by atoms with Crippen LogP contribution in [0.5, 0.6) is 11.5 Å². The van der Waals surface area contributed by atoms with Crippen LogP contribution in [0, 0.1) is 0 Å². The van der Waals surface area contributed by atoms with Gasteiger partial charge in [-0.3, -0.25) is 9.36 Å². The molecule has 0 unspecified atom stereocenters. The lowest BCUT2D eigenvalue weighted by molar-refractivity contribution is -0.118. The lowest BCUT2D eigenvalue weighted by Gasteiger charge is -2.11. The van der Waals surface area contributed by atoms with Gasteiger partial charge in [-0.15, -0.1) is 10.2 Å². The van der Waals surface area contributed by atoms with Gasteiger partial charge in [-0.1, -0.05) is 29.4 Å². The van der Waals surface area contributed by atoms with E-state index in [4.69, 9.17) is 25.5 Å². The molecule has 1 N–H and O–H groups in total. The van der Waals surface area contributed by atoms with Crippen molar-refractivity contribution in [2.45, 2.75) is 18.2 Å². The number of carbonyl (C=O) groups is 1. The molecule has 0 bridgehead atoms. The Bertz CT molecular complexity index is 1240. The van der Waals surface area contributed by atoms with Crippen molar-refractivity contribution in [3.8, 4) is 22.9 Å². The highest BCUT2D eigenvalue weighted by molar-refractivity contribution is 7.99. The van der Waals surface area contributed by atoms with Gasteiger partial charge in [0.05, 0.1) is 32.8 Å². The molecule has 0 saturated carbocycles. The Morgan fingerprint density at radius 3 is 2.59 bits per heavy atom. The maximum atomic E-state index is 12.5. The Morgan fingerprint density at radius 1 is 1.09 bits per heavy atom. The summed E-state index contributed by atoms with van der Waals surface area (Å²) in [6, 6.07) is 16.6. The molecule has 0 saturated heterocycles. The number of aromatic nitrogens is 3. The Hall–Kier alpha value is -3.43. The third kappa shape index (κ3) is 5.73. The minimum absolute atomic E-state index is 0.125. The molecular formula is C24H23ClN4O4S. The summed E-state index contributed by atoms with van der Waals surface area (Å²) in [6.07, 6.45) is 1.62. The second-order valence-corrected chi connectivity index (χ2v) is 8.61. The molecular weight excluding hydrogens is 476 g/mol. The van der Waals surface area contributed by atoms with E-state index in [-0.39, 0.29) is 11.7 Å². The molecule has 0 aliphatic heterocycles. The number of thioether (sulfide) groups is 1. The average molecular weight is 499 g/mol. The number of nitrogens with one attached hydrogen (secondary N) is 1. The van der Waals surface area contributed by atoms with Gasteiger partial charge >= 0.3 is 0 Å². The van der Waals surface area contributed by atoms with Crippen LogP contribution in [0.3, 0.4) is 0 Å². The smallest absolute Gasteiger partial charge is 0.230 e. The highest BCUT2D eigenvalue weighted by Gasteiger charge is 2.17. The summed E-state index contributed by atoms with van der Waals surface area (Å²) >= 11 is 7.34. The molecule has 0 aliphatic carbocycles. The lowest BCUT2D eigenvalue weighted by Crippen LogP contribution is -2.24. The number of rotatable bonds is 10. The standard InChI is InChI=1S/C24H23ClN4O4S/c1-31-20-10-5-16(12-21(20)32-2)13-26-22(30)15-34-24-28-27-23(17-6-8-18(25)9-7-17)29(24)14-19-4-3-11-33-19/h3-12H,13-15H2,1-2H3,(H,26,30). The average Bonchev–Trinajstić information content (AvgIpc) is 3.52. The van der Waals surface area contributed by atoms with Gasteiger partial charge in [0.25, 0.3) is 0 Å². The van der Waals surface area contributed by atoms with Crippen molar-refractivity contribution in [1.29, 1.82) is 0 Å². The lowest BCUT2D eigenvalue weighted by atomic mass is 10.2. The Kier molecular flexibility index (Phi) is 7.76. The van der Waals surface area contributed by atoms with Crippen LogP contribution < -0.4 is 14.8 Å². The van der Waals surface area contributed by atoms with E-state index in [1.54, 1.807) is 32.6 Å². The fourth-order valence-corrected chi connectivity index (χ4v) is 4.17. The van der Waals surface area contributed by atoms with Crippen molar-refractivity contribution in [3.05, 3.63) is 77.2 Å². The first-order chi connectivity index (χ1) is 16.6. The Morgan fingerprint density at radius 2 is 1.88 bits per heavy atom. The summed E-state index contributed by atoms with van der Waals surface area (Å²) in [6.45, 7) is 0.808. The van der Waals surface area contributed by atoms with E-state index in [0.717, 1.165) is 16.9 Å². The molecule has 4 rings (SSSR count). The van der Waals surface area contributed by atoms with Gasteiger partial charge in [-0.05, 0) is 54.1 Å². The molecule has 1 amide bonds. The molecule has 0 fully saturated rings. The highest BCUT2D eigenvalue weighted by atomic mass is 35.5. The van der Waals surface area contributed by atoms with Crippen molar-refractivity contribution >= 4 is 29.3 Å².